The molecule has 0 bridgehead atoms. The lowest BCUT2D eigenvalue weighted by atomic mass is 9.99. The predicted octanol–water partition coefficient (Wildman–Crippen LogP) is 1.03. The second-order valence-corrected chi connectivity index (χ2v) is 5.49. The first-order valence-corrected chi connectivity index (χ1v) is 7.19. The monoisotopic (exact) mass is 269 g/mol. The van der Waals surface area contributed by atoms with Crippen LogP contribution in [0.25, 0.3) is 0 Å². The highest BCUT2D eigenvalue weighted by atomic mass is 32.1. The predicted molar refractivity (Wildman–Crippen MR) is 71.3 cm³/mol. The molecule has 6 heteroatoms. The van der Waals surface area contributed by atoms with Crippen molar-refractivity contribution in [2.75, 3.05) is 18.9 Å². The van der Waals surface area contributed by atoms with Crippen molar-refractivity contribution in [2.24, 2.45) is 0 Å². The van der Waals surface area contributed by atoms with Crippen LogP contribution < -0.4 is 5.73 Å². The number of piperidine rings is 1. The molecular weight excluding hydrogens is 250 g/mol. The fourth-order valence-electron chi connectivity index (χ4n) is 2.44. The van der Waals surface area contributed by atoms with Crippen LogP contribution in [0.2, 0.25) is 0 Å². The highest BCUT2D eigenvalue weighted by Crippen LogP contribution is 2.21. The van der Waals surface area contributed by atoms with Gasteiger partial charge in [0, 0.05) is 24.6 Å². The molecule has 3 N–H and O–H groups in total. The van der Waals surface area contributed by atoms with Crippen LogP contribution in [0.15, 0.2) is 5.38 Å². The molecule has 1 aromatic rings. The lowest BCUT2D eigenvalue weighted by Gasteiger charge is -2.35. The fourth-order valence-corrected chi connectivity index (χ4v) is 3.00. The summed E-state index contributed by atoms with van der Waals surface area (Å²) in [6.07, 6.45) is 4.16. The third kappa shape index (κ3) is 3.20. The Kier molecular flexibility index (Phi) is 4.54. The van der Waals surface area contributed by atoms with Crippen molar-refractivity contribution in [3.8, 4) is 0 Å². The molecule has 1 aliphatic heterocycles. The van der Waals surface area contributed by atoms with Gasteiger partial charge in [0.25, 0.3) is 0 Å². The van der Waals surface area contributed by atoms with E-state index in [0.717, 1.165) is 31.5 Å². The Bertz CT molecular complexity index is 406. The number of nitrogens with two attached hydrogens (primary N) is 1. The van der Waals surface area contributed by atoms with Gasteiger partial charge in [-0.05, 0) is 25.7 Å². The van der Waals surface area contributed by atoms with E-state index >= 15 is 0 Å². The van der Waals surface area contributed by atoms with Crippen molar-refractivity contribution in [3.63, 3.8) is 0 Å². The Morgan fingerprint density at radius 2 is 2.44 bits per heavy atom. The van der Waals surface area contributed by atoms with E-state index in [9.17, 15) is 4.79 Å². The molecule has 1 atom stereocenters. The Hall–Kier alpha value is -1.14. The van der Waals surface area contributed by atoms with E-state index < -0.39 is 0 Å². The summed E-state index contributed by atoms with van der Waals surface area (Å²) >= 11 is 1.36. The van der Waals surface area contributed by atoms with Crippen molar-refractivity contribution >= 4 is 22.4 Å². The highest BCUT2D eigenvalue weighted by Gasteiger charge is 2.26. The third-order valence-corrected chi connectivity index (χ3v) is 4.03. The minimum atomic E-state index is 0.0958. The summed E-state index contributed by atoms with van der Waals surface area (Å²) in [5, 5.41) is 11.4. The number of nitrogen functional groups attached to an aromatic ring is 1. The van der Waals surface area contributed by atoms with Crippen molar-refractivity contribution in [1.82, 2.24) is 9.88 Å². The van der Waals surface area contributed by atoms with Gasteiger partial charge in [-0.1, -0.05) is 0 Å². The van der Waals surface area contributed by atoms with Crippen LogP contribution in [0.1, 0.15) is 31.4 Å². The average molecular weight is 269 g/mol. The van der Waals surface area contributed by atoms with Gasteiger partial charge in [0.1, 0.15) is 0 Å². The first-order chi connectivity index (χ1) is 8.70. The molecule has 18 heavy (non-hydrogen) atoms. The molecular formula is C12H19N3O2S. The lowest BCUT2D eigenvalue weighted by Crippen LogP contribution is -2.44. The second kappa shape index (κ2) is 6.15. The van der Waals surface area contributed by atoms with Crippen LogP contribution in [0.5, 0.6) is 0 Å². The summed E-state index contributed by atoms with van der Waals surface area (Å²) in [4.78, 5) is 18.2. The zero-order valence-corrected chi connectivity index (χ0v) is 11.2. The van der Waals surface area contributed by atoms with Gasteiger partial charge >= 0.3 is 0 Å². The number of hydrogen-bond donors (Lipinski definition) is 2. The molecule has 1 saturated heterocycles. The largest absolute Gasteiger partial charge is 0.396 e. The summed E-state index contributed by atoms with van der Waals surface area (Å²) < 4.78 is 0. The molecule has 0 saturated carbocycles. The molecule has 2 rings (SSSR count). The summed E-state index contributed by atoms with van der Waals surface area (Å²) in [5.74, 6) is 0.0958. The zero-order valence-electron chi connectivity index (χ0n) is 10.3. The van der Waals surface area contributed by atoms with Gasteiger partial charge in [0.15, 0.2) is 5.13 Å². The van der Waals surface area contributed by atoms with Crippen LogP contribution in [0.4, 0.5) is 5.13 Å². The number of nitrogens with zero attached hydrogens (tertiary/aromatic N) is 2. The van der Waals surface area contributed by atoms with Crippen molar-refractivity contribution in [2.45, 2.75) is 38.1 Å². The maximum Gasteiger partial charge on any atom is 0.228 e. The first kappa shape index (κ1) is 13.3. The fraction of sp³-hybridized carbons (Fsp3) is 0.667. The van der Waals surface area contributed by atoms with Gasteiger partial charge in [-0.15, -0.1) is 11.3 Å². The van der Waals surface area contributed by atoms with Crippen molar-refractivity contribution < 1.29 is 9.90 Å². The normalized spacial score (nSPS) is 20.1. The SMILES string of the molecule is Nc1nc(CC(=O)N2CCCCC2CCO)cs1. The molecule has 0 radical (unpaired) electrons. The molecule has 0 aliphatic carbocycles. The van der Waals surface area contributed by atoms with Crippen molar-refractivity contribution in [3.05, 3.63) is 11.1 Å². The number of hydrogen-bond acceptors (Lipinski definition) is 5. The van der Waals surface area contributed by atoms with E-state index in [2.05, 4.69) is 4.98 Å². The van der Waals surface area contributed by atoms with Crippen LogP contribution >= 0.6 is 11.3 Å². The smallest absolute Gasteiger partial charge is 0.228 e. The minimum absolute atomic E-state index is 0.0958. The quantitative estimate of drug-likeness (QED) is 0.855. The number of carbonyl (C=O) groups is 1. The van der Waals surface area contributed by atoms with E-state index in [0.29, 0.717) is 18.0 Å². The molecule has 1 unspecified atom stereocenters. The number of aromatic nitrogens is 1. The van der Waals surface area contributed by atoms with E-state index in [1.807, 2.05) is 10.3 Å². The molecule has 100 valence electrons. The van der Waals surface area contributed by atoms with Gasteiger partial charge in [0.2, 0.25) is 5.91 Å². The van der Waals surface area contributed by atoms with Crippen LogP contribution in [0.3, 0.4) is 0 Å². The van der Waals surface area contributed by atoms with E-state index in [4.69, 9.17) is 10.8 Å². The van der Waals surface area contributed by atoms with Gasteiger partial charge in [-0.25, -0.2) is 4.98 Å². The second-order valence-electron chi connectivity index (χ2n) is 4.60. The Labute approximate surface area is 111 Å². The van der Waals surface area contributed by atoms with Gasteiger partial charge < -0.3 is 15.7 Å². The highest BCUT2D eigenvalue weighted by molar-refractivity contribution is 7.13. The number of anilines is 1. The van der Waals surface area contributed by atoms with E-state index in [1.54, 1.807) is 0 Å². The number of carbonyl (C=O) groups excluding carboxylic acids is 1. The maximum absolute atomic E-state index is 12.2. The minimum Gasteiger partial charge on any atom is -0.396 e. The lowest BCUT2D eigenvalue weighted by molar-refractivity contribution is -0.134. The molecule has 1 aliphatic rings. The van der Waals surface area contributed by atoms with E-state index in [1.165, 1.54) is 11.3 Å². The average Bonchev–Trinajstić information content (AvgIpc) is 2.76. The number of likely N-dealkylation sites (tertiary alicyclic amines) is 1. The Morgan fingerprint density at radius 1 is 1.61 bits per heavy atom. The topological polar surface area (TPSA) is 79.5 Å². The maximum atomic E-state index is 12.2. The Balaban J connectivity index is 1.97. The molecule has 2 heterocycles. The third-order valence-electron chi connectivity index (χ3n) is 3.31. The van der Waals surface area contributed by atoms with Crippen LogP contribution in [0, 0.1) is 0 Å². The van der Waals surface area contributed by atoms with Gasteiger partial charge in [0.05, 0.1) is 12.1 Å². The number of aliphatic hydroxyl groups excluding tert-OH is 1. The molecule has 5 nitrogen and oxygen atoms in total. The zero-order chi connectivity index (χ0) is 13.0. The molecule has 0 aromatic carbocycles. The molecule has 1 amide bonds. The molecule has 1 fully saturated rings. The summed E-state index contributed by atoms with van der Waals surface area (Å²) in [6.45, 7) is 0.932. The van der Waals surface area contributed by atoms with Crippen molar-refractivity contribution in [1.29, 1.82) is 0 Å². The number of thiazole rings is 1. The number of aliphatic hydroxyl groups is 1. The summed E-state index contributed by atoms with van der Waals surface area (Å²) in [5.41, 5.74) is 6.30. The van der Waals surface area contributed by atoms with Gasteiger partial charge in [-0.3, -0.25) is 4.79 Å². The molecule has 1 aromatic heterocycles. The number of amides is 1. The van der Waals surface area contributed by atoms with Crippen LogP contribution in [-0.2, 0) is 11.2 Å². The first-order valence-electron chi connectivity index (χ1n) is 6.31. The standard InChI is InChI=1S/C12H19N3O2S/c13-12-14-9(8-18-12)7-11(17)15-5-2-1-3-10(15)4-6-16/h8,10,16H,1-7H2,(H2,13,14). The van der Waals surface area contributed by atoms with Gasteiger partial charge in [-0.2, -0.15) is 0 Å². The number of rotatable bonds is 4. The molecule has 0 spiro atoms. The van der Waals surface area contributed by atoms with E-state index in [-0.39, 0.29) is 18.6 Å². The summed E-state index contributed by atoms with van der Waals surface area (Å²) in [6, 6.07) is 0.187. The Morgan fingerprint density at radius 3 is 3.11 bits per heavy atom. The summed E-state index contributed by atoms with van der Waals surface area (Å²) in [7, 11) is 0. The van der Waals surface area contributed by atoms with Crippen LogP contribution in [-0.4, -0.2) is 40.1 Å².